The summed E-state index contributed by atoms with van der Waals surface area (Å²) < 4.78 is 36.8. The molecule has 9 heteroatoms. The number of thioether (sulfide) groups is 2. The minimum Gasteiger partial charge on any atom is -0.368 e. The van der Waals surface area contributed by atoms with Crippen molar-refractivity contribution >= 4 is 29.5 Å². The molecule has 0 aliphatic rings. The molecule has 1 heterocycles. The van der Waals surface area contributed by atoms with Gasteiger partial charge in [-0.05, 0) is 0 Å². The van der Waals surface area contributed by atoms with E-state index in [-0.39, 0.29) is 23.5 Å². The highest BCUT2D eigenvalue weighted by Gasteiger charge is 2.27. The van der Waals surface area contributed by atoms with Crippen LogP contribution in [0.1, 0.15) is 0 Å². The second kappa shape index (κ2) is 4.97. The molecule has 0 spiro atoms. The van der Waals surface area contributed by atoms with Crippen LogP contribution in [0.2, 0.25) is 0 Å². The van der Waals surface area contributed by atoms with Crippen LogP contribution in [0.5, 0.6) is 0 Å². The predicted octanol–water partition coefficient (Wildman–Crippen LogP) is 1.74. The van der Waals surface area contributed by atoms with Crippen LogP contribution >= 0.6 is 23.5 Å². The maximum atomic E-state index is 11.8. The van der Waals surface area contributed by atoms with Gasteiger partial charge in [-0.3, -0.25) is 4.57 Å². The molecular weight excluding hydrogens is 249 g/mol. The Labute approximate surface area is 92.8 Å². The lowest BCUT2D eigenvalue weighted by Gasteiger charge is -2.04. The Morgan fingerprint density at radius 1 is 1.33 bits per heavy atom. The van der Waals surface area contributed by atoms with Crippen molar-refractivity contribution in [2.75, 3.05) is 17.2 Å². The van der Waals surface area contributed by atoms with Crippen molar-refractivity contribution in [1.29, 1.82) is 0 Å². The summed E-state index contributed by atoms with van der Waals surface area (Å²) >= 11 is 1.15. The molecule has 0 amide bonds. The quantitative estimate of drug-likeness (QED) is 0.658. The third kappa shape index (κ3) is 4.20. The molecule has 0 aromatic carbocycles. The first-order valence-electron chi connectivity index (χ1n) is 3.88. The van der Waals surface area contributed by atoms with Crippen molar-refractivity contribution < 1.29 is 13.2 Å². The molecule has 1 rings (SSSR count). The van der Waals surface area contributed by atoms with Crippen LogP contribution in [-0.2, 0) is 7.05 Å². The van der Waals surface area contributed by atoms with Crippen LogP contribution in [0.25, 0.3) is 0 Å². The number of hydrogen-bond acceptors (Lipinski definition) is 5. The summed E-state index contributed by atoms with van der Waals surface area (Å²) in [4.78, 5) is 0. The highest BCUT2D eigenvalue weighted by Crippen LogP contribution is 2.31. The molecule has 0 saturated heterocycles. The molecule has 4 nitrogen and oxygen atoms in total. The van der Waals surface area contributed by atoms with Crippen LogP contribution < -0.4 is 5.73 Å². The van der Waals surface area contributed by atoms with Crippen LogP contribution in [0.3, 0.4) is 0 Å². The summed E-state index contributed by atoms with van der Waals surface area (Å²) in [5.41, 5.74) is 1.24. The van der Waals surface area contributed by atoms with Crippen molar-refractivity contribution in [3.63, 3.8) is 0 Å². The summed E-state index contributed by atoms with van der Waals surface area (Å²) in [7, 11) is 1.66. The smallest absolute Gasteiger partial charge is 0.368 e. The molecule has 0 aliphatic carbocycles. The zero-order valence-corrected chi connectivity index (χ0v) is 9.42. The molecule has 0 fully saturated rings. The third-order valence-electron chi connectivity index (χ3n) is 1.45. The number of halogens is 3. The number of nitrogen functional groups attached to an aromatic ring is 1. The largest absolute Gasteiger partial charge is 0.441 e. The molecule has 1 aromatic rings. The minimum atomic E-state index is -4.17. The molecule has 0 atom stereocenters. The summed E-state index contributed by atoms with van der Waals surface area (Å²) in [6.45, 7) is 0. The molecule has 1 aromatic heterocycles. The van der Waals surface area contributed by atoms with Gasteiger partial charge in [-0.25, -0.2) is 0 Å². The van der Waals surface area contributed by atoms with E-state index < -0.39 is 5.51 Å². The van der Waals surface area contributed by atoms with Gasteiger partial charge >= 0.3 is 5.51 Å². The van der Waals surface area contributed by atoms with Crippen LogP contribution in [0.15, 0.2) is 5.16 Å². The average molecular weight is 258 g/mol. The topological polar surface area (TPSA) is 56.7 Å². The highest BCUT2D eigenvalue weighted by molar-refractivity contribution is 8.03. The van der Waals surface area contributed by atoms with Crippen molar-refractivity contribution in [2.45, 2.75) is 10.7 Å². The lowest BCUT2D eigenvalue weighted by atomic mass is 11.0. The Bertz CT molecular complexity index is 325. The van der Waals surface area contributed by atoms with E-state index in [1.165, 1.54) is 16.3 Å². The SMILES string of the molecule is Cn1c(N)nnc1SCCSC(F)(F)F. The van der Waals surface area contributed by atoms with Gasteiger partial charge in [0.25, 0.3) is 0 Å². The van der Waals surface area contributed by atoms with E-state index in [1.807, 2.05) is 0 Å². The van der Waals surface area contributed by atoms with E-state index in [9.17, 15) is 13.2 Å². The Morgan fingerprint density at radius 2 is 2.00 bits per heavy atom. The standard InChI is InChI=1S/C6H9F3N4S2/c1-13-4(10)11-12-5(13)14-2-3-15-6(7,8)9/h2-3H2,1H3,(H2,10,11). The number of hydrogen-bond donors (Lipinski definition) is 1. The monoisotopic (exact) mass is 258 g/mol. The fraction of sp³-hybridized carbons (Fsp3) is 0.667. The molecule has 0 unspecified atom stereocenters. The first-order chi connectivity index (χ1) is 6.90. The van der Waals surface area contributed by atoms with Gasteiger partial charge in [0.2, 0.25) is 5.95 Å². The van der Waals surface area contributed by atoms with E-state index in [0.29, 0.717) is 10.9 Å². The average Bonchev–Trinajstić information content (AvgIpc) is 2.42. The molecule has 86 valence electrons. The van der Waals surface area contributed by atoms with Gasteiger partial charge in [-0.2, -0.15) is 13.2 Å². The maximum Gasteiger partial charge on any atom is 0.441 e. The van der Waals surface area contributed by atoms with Crippen LogP contribution in [0.4, 0.5) is 19.1 Å². The highest BCUT2D eigenvalue weighted by atomic mass is 32.2. The van der Waals surface area contributed by atoms with Gasteiger partial charge in [0, 0.05) is 18.6 Å². The van der Waals surface area contributed by atoms with Gasteiger partial charge in [0.1, 0.15) is 0 Å². The normalized spacial score (nSPS) is 12.0. The third-order valence-corrected chi connectivity index (χ3v) is 3.46. The predicted molar refractivity (Wildman–Crippen MR) is 54.7 cm³/mol. The fourth-order valence-corrected chi connectivity index (χ4v) is 2.21. The molecule has 0 radical (unpaired) electrons. The lowest BCUT2D eigenvalue weighted by molar-refractivity contribution is -0.0326. The summed E-state index contributed by atoms with van der Waals surface area (Å²) in [6, 6.07) is 0. The molecule has 15 heavy (non-hydrogen) atoms. The first kappa shape index (κ1) is 12.5. The van der Waals surface area contributed by atoms with Crippen LogP contribution in [0, 0.1) is 0 Å². The lowest BCUT2D eigenvalue weighted by Crippen LogP contribution is -2.03. The van der Waals surface area contributed by atoms with E-state index in [0.717, 1.165) is 0 Å². The van der Waals surface area contributed by atoms with Gasteiger partial charge in [0.15, 0.2) is 5.16 Å². The van der Waals surface area contributed by atoms with Gasteiger partial charge < -0.3 is 5.73 Å². The number of nitrogens with two attached hydrogens (primary N) is 1. The van der Waals surface area contributed by atoms with Crippen molar-refractivity contribution in [1.82, 2.24) is 14.8 Å². The molecule has 0 saturated carbocycles. The van der Waals surface area contributed by atoms with Gasteiger partial charge in [-0.1, -0.05) is 23.5 Å². The van der Waals surface area contributed by atoms with Gasteiger partial charge in [0.05, 0.1) is 0 Å². The van der Waals surface area contributed by atoms with Crippen molar-refractivity contribution in [3.05, 3.63) is 0 Å². The Kier molecular flexibility index (Phi) is 4.14. The Morgan fingerprint density at radius 3 is 2.47 bits per heavy atom. The number of alkyl halides is 3. The second-order valence-electron chi connectivity index (χ2n) is 2.54. The number of anilines is 1. The van der Waals surface area contributed by atoms with E-state index in [4.69, 9.17) is 5.73 Å². The zero-order chi connectivity index (χ0) is 11.5. The van der Waals surface area contributed by atoms with E-state index in [1.54, 1.807) is 7.05 Å². The molecule has 0 aliphatic heterocycles. The summed E-state index contributed by atoms with van der Waals surface area (Å²) in [6.07, 6.45) is 0. The van der Waals surface area contributed by atoms with Gasteiger partial charge in [-0.15, -0.1) is 10.2 Å². The van der Waals surface area contributed by atoms with E-state index >= 15 is 0 Å². The van der Waals surface area contributed by atoms with Crippen molar-refractivity contribution in [3.8, 4) is 0 Å². The Hall–Kier alpha value is -0.570. The minimum absolute atomic E-state index is 0.0130. The molecular formula is C6H9F3N4S2. The summed E-state index contributed by atoms with van der Waals surface area (Å²) in [5, 5.41) is 7.82. The van der Waals surface area contributed by atoms with E-state index in [2.05, 4.69) is 10.2 Å². The van der Waals surface area contributed by atoms with Crippen molar-refractivity contribution in [2.24, 2.45) is 7.05 Å². The Balaban J connectivity index is 2.30. The number of nitrogens with zero attached hydrogens (tertiary/aromatic N) is 3. The zero-order valence-electron chi connectivity index (χ0n) is 7.78. The molecule has 2 N–H and O–H groups in total. The second-order valence-corrected chi connectivity index (χ2v) is 4.76. The van der Waals surface area contributed by atoms with Crippen LogP contribution in [-0.4, -0.2) is 31.8 Å². The fourth-order valence-electron chi connectivity index (χ4n) is 0.742. The number of aromatic nitrogens is 3. The number of rotatable bonds is 4. The summed E-state index contributed by atoms with van der Waals surface area (Å²) in [5.74, 6) is 0.554. The first-order valence-corrected chi connectivity index (χ1v) is 5.85. The maximum absolute atomic E-state index is 11.8. The molecule has 0 bridgehead atoms.